The molecule has 3 rings (SSSR count). The molecule has 26 heavy (non-hydrogen) atoms. The van der Waals surface area contributed by atoms with E-state index >= 15 is 0 Å². The first-order chi connectivity index (χ1) is 12.5. The predicted molar refractivity (Wildman–Crippen MR) is 97.9 cm³/mol. The first kappa shape index (κ1) is 18.2. The van der Waals surface area contributed by atoms with Crippen LogP contribution >= 0.6 is 11.6 Å². The van der Waals surface area contributed by atoms with Crippen LogP contribution in [0.25, 0.3) is 11.4 Å². The molecule has 2 atom stereocenters. The number of benzene rings is 1. The number of amides is 1. The third-order valence-electron chi connectivity index (χ3n) is 4.38. The van der Waals surface area contributed by atoms with Gasteiger partial charge in [-0.25, -0.2) is 0 Å². The standard InChI is InChI=1S/C19H20ClN3O3/c1-4-11(2)16(21-18(24)15-6-5-9-25-15)19-22-17(23-26-19)13-8-7-12(3)14(20)10-13/h5-11,16H,4H2,1-3H3,(H,21,24). The summed E-state index contributed by atoms with van der Waals surface area (Å²) in [4.78, 5) is 16.8. The molecule has 136 valence electrons. The summed E-state index contributed by atoms with van der Waals surface area (Å²) in [5.74, 6) is 0.805. The lowest BCUT2D eigenvalue weighted by Gasteiger charge is -2.20. The van der Waals surface area contributed by atoms with Gasteiger partial charge in [-0.15, -0.1) is 0 Å². The van der Waals surface area contributed by atoms with Crippen molar-refractivity contribution in [3.63, 3.8) is 0 Å². The second kappa shape index (κ2) is 7.74. The highest BCUT2D eigenvalue weighted by molar-refractivity contribution is 6.31. The summed E-state index contributed by atoms with van der Waals surface area (Å²) in [5, 5.41) is 7.60. The molecule has 1 N–H and O–H groups in total. The number of carbonyl (C=O) groups excluding carboxylic acids is 1. The SMILES string of the molecule is CCC(C)C(NC(=O)c1ccco1)c1nc(-c2ccc(C)c(Cl)c2)no1. The Labute approximate surface area is 156 Å². The van der Waals surface area contributed by atoms with Gasteiger partial charge >= 0.3 is 0 Å². The lowest BCUT2D eigenvalue weighted by molar-refractivity contribution is 0.0882. The van der Waals surface area contributed by atoms with Gasteiger partial charge in [-0.3, -0.25) is 4.79 Å². The number of furan rings is 1. The van der Waals surface area contributed by atoms with Crippen molar-refractivity contribution in [1.29, 1.82) is 0 Å². The van der Waals surface area contributed by atoms with Crippen LogP contribution in [0.15, 0.2) is 45.5 Å². The van der Waals surface area contributed by atoms with Gasteiger partial charge in [0.2, 0.25) is 11.7 Å². The predicted octanol–water partition coefficient (Wildman–Crippen LogP) is 4.81. The van der Waals surface area contributed by atoms with Crippen molar-refractivity contribution >= 4 is 17.5 Å². The molecule has 0 aliphatic carbocycles. The average molecular weight is 374 g/mol. The molecular formula is C19H20ClN3O3. The third-order valence-corrected chi connectivity index (χ3v) is 4.79. The smallest absolute Gasteiger partial charge is 0.287 e. The minimum atomic E-state index is -0.417. The van der Waals surface area contributed by atoms with Crippen molar-refractivity contribution < 1.29 is 13.7 Å². The van der Waals surface area contributed by atoms with Crippen molar-refractivity contribution in [2.24, 2.45) is 5.92 Å². The van der Waals surface area contributed by atoms with Crippen molar-refractivity contribution in [2.75, 3.05) is 0 Å². The van der Waals surface area contributed by atoms with Crippen LogP contribution in [0.3, 0.4) is 0 Å². The van der Waals surface area contributed by atoms with Gasteiger partial charge in [-0.05, 0) is 36.6 Å². The fourth-order valence-corrected chi connectivity index (χ4v) is 2.69. The summed E-state index contributed by atoms with van der Waals surface area (Å²) < 4.78 is 10.6. The van der Waals surface area contributed by atoms with Crippen LogP contribution in [-0.2, 0) is 0 Å². The molecule has 0 bridgehead atoms. The molecule has 3 aromatic rings. The summed E-state index contributed by atoms with van der Waals surface area (Å²) in [7, 11) is 0. The average Bonchev–Trinajstić information content (AvgIpc) is 3.33. The van der Waals surface area contributed by atoms with E-state index < -0.39 is 6.04 Å². The van der Waals surface area contributed by atoms with Gasteiger partial charge in [0.25, 0.3) is 5.91 Å². The largest absolute Gasteiger partial charge is 0.459 e. The Morgan fingerprint density at radius 1 is 1.35 bits per heavy atom. The Morgan fingerprint density at radius 2 is 2.15 bits per heavy atom. The monoisotopic (exact) mass is 373 g/mol. The van der Waals surface area contributed by atoms with Crippen molar-refractivity contribution in [3.05, 3.63) is 58.8 Å². The van der Waals surface area contributed by atoms with Crippen molar-refractivity contribution in [2.45, 2.75) is 33.2 Å². The maximum Gasteiger partial charge on any atom is 0.287 e. The lowest BCUT2D eigenvalue weighted by atomic mass is 9.99. The summed E-state index contributed by atoms with van der Waals surface area (Å²) in [6.07, 6.45) is 2.29. The van der Waals surface area contributed by atoms with Crippen molar-refractivity contribution in [3.8, 4) is 11.4 Å². The molecule has 0 saturated carbocycles. The van der Waals surface area contributed by atoms with Gasteiger partial charge in [0, 0.05) is 10.6 Å². The first-order valence-corrected chi connectivity index (χ1v) is 8.82. The molecule has 0 spiro atoms. The Kier molecular flexibility index (Phi) is 5.42. The number of aryl methyl sites for hydroxylation is 1. The van der Waals surface area contributed by atoms with Crippen LogP contribution in [-0.4, -0.2) is 16.0 Å². The minimum Gasteiger partial charge on any atom is -0.459 e. The zero-order valence-electron chi connectivity index (χ0n) is 14.8. The molecule has 6 nitrogen and oxygen atoms in total. The van der Waals surface area contributed by atoms with E-state index in [1.54, 1.807) is 18.2 Å². The fraction of sp³-hybridized carbons (Fsp3) is 0.316. The van der Waals surface area contributed by atoms with Crippen molar-refractivity contribution in [1.82, 2.24) is 15.5 Å². The van der Waals surface area contributed by atoms with Crippen LogP contribution < -0.4 is 5.32 Å². The maximum absolute atomic E-state index is 12.4. The van der Waals surface area contributed by atoms with Crippen LogP contribution in [0, 0.1) is 12.8 Å². The van der Waals surface area contributed by atoms with E-state index in [4.69, 9.17) is 20.5 Å². The van der Waals surface area contributed by atoms with E-state index in [9.17, 15) is 4.79 Å². The summed E-state index contributed by atoms with van der Waals surface area (Å²) >= 11 is 6.18. The molecule has 0 aliphatic rings. The zero-order chi connectivity index (χ0) is 18.7. The third kappa shape index (κ3) is 3.80. The summed E-state index contributed by atoms with van der Waals surface area (Å²) in [6, 6.07) is 8.44. The van der Waals surface area contributed by atoms with Crippen LogP contribution in [0.1, 0.15) is 48.3 Å². The second-order valence-electron chi connectivity index (χ2n) is 6.23. The van der Waals surface area contributed by atoms with E-state index in [-0.39, 0.29) is 17.6 Å². The number of hydrogen-bond acceptors (Lipinski definition) is 5. The Bertz CT molecular complexity index is 889. The molecule has 1 amide bonds. The number of hydrogen-bond donors (Lipinski definition) is 1. The highest BCUT2D eigenvalue weighted by Gasteiger charge is 2.27. The van der Waals surface area contributed by atoms with Gasteiger partial charge in [0.1, 0.15) is 6.04 Å². The topological polar surface area (TPSA) is 81.2 Å². The number of nitrogens with zero attached hydrogens (tertiary/aromatic N) is 2. The summed E-state index contributed by atoms with van der Waals surface area (Å²) in [6.45, 7) is 5.98. The summed E-state index contributed by atoms with van der Waals surface area (Å²) in [5.41, 5.74) is 1.73. The van der Waals surface area contributed by atoms with Gasteiger partial charge in [0.05, 0.1) is 6.26 Å². The molecule has 0 fully saturated rings. The lowest BCUT2D eigenvalue weighted by Crippen LogP contribution is -2.32. The molecule has 7 heteroatoms. The normalized spacial score (nSPS) is 13.4. The second-order valence-corrected chi connectivity index (χ2v) is 6.64. The van der Waals surface area contributed by atoms with Gasteiger partial charge in [-0.1, -0.05) is 49.2 Å². The Hall–Kier alpha value is -2.60. The zero-order valence-corrected chi connectivity index (χ0v) is 15.6. The van der Waals surface area contributed by atoms with Crippen LogP contribution in [0.4, 0.5) is 0 Å². The maximum atomic E-state index is 12.4. The van der Waals surface area contributed by atoms with Gasteiger partial charge < -0.3 is 14.3 Å². The molecule has 0 radical (unpaired) electrons. The van der Waals surface area contributed by atoms with E-state index in [2.05, 4.69) is 15.5 Å². The van der Waals surface area contributed by atoms with E-state index in [0.717, 1.165) is 17.5 Å². The van der Waals surface area contributed by atoms with Crippen LogP contribution in [0.2, 0.25) is 5.02 Å². The van der Waals surface area contributed by atoms with E-state index in [1.165, 1.54) is 6.26 Å². The molecular weight excluding hydrogens is 354 g/mol. The van der Waals surface area contributed by atoms with Gasteiger partial charge in [-0.2, -0.15) is 4.98 Å². The molecule has 2 heterocycles. The van der Waals surface area contributed by atoms with E-state index in [0.29, 0.717) is 16.7 Å². The number of aromatic nitrogens is 2. The first-order valence-electron chi connectivity index (χ1n) is 8.44. The molecule has 1 aromatic carbocycles. The number of rotatable bonds is 6. The molecule has 2 unspecified atom stereocenters. The van der Waals surface area contributed by atoms with E-state index in [1.807, 2.05) is 32.9 Å². The molecule has 2 aromatic heterocycles. The highest BCUT2D eigenvalue weighted by Crippen LogP contribution is 2.28. The Morgan fingerprint density at radius 3 is 2.81 bits per heavy atom. The highest BCUT2D eigenvalue weighted by atomic mass is 35.5. The minimum absolute atomic E-state index is 0.101. The van der Waals surface area contributed by atoms with Crippen LogP contribution in [0.5, 0.6) is 0 Å². The quantitative estimate of drug-likeness (QED) is 0.670. The number of halogens is 1. The molecule has 0 aliphatic heterocycles. The number of nitrogens with one attached hydrogen (secondary N) is 1. The fourth-order valence-electron chi connectivity index (χ4n) is 2.51. The van der Waals surface area contributed by atoms with Gasteiger partial charge in [0.15, 0.2) is 5.76 Å². The Balaban J connectivity index is 1.86. The molecule has 0 saturated heterocycles. The number of carbonyl (C=O) groups is 1.